The number of hydrogen-bond donors (Lipinski definition) is 4. The monoisotopic (exact) mass is 272 g/mol. The van der Waals surface area contributed by atoms with Gasteiger partial charge in [0.25, 0.3) is 0 Å². The molecule has 0 aromatic rings. The van der Waals surface area contributed by atoms with Gasteiger partial charge in [0.2, 0.25) is 5.91 Å². The average molecular weight is 272 g/mol. The number of hydrogen-bond acceptors (Lipinski definition) is 4. The summed E-state index contributed by atoms with van der Waals surface area (Å²) in [6.07, 6.45) is -0.0900. The molecule has 0 heterocycles. The van der Waals surface area contributed by atoms with Crippen LogP contribution < -0.4 is 11.1 Å². The Kier molecular flexibility index (Phi) is 4.92. The van der Waals surface area contributed by atoms with Crippen LogP contribution in [0.3, 0.4) is 0 Å². The van der Waals surface area contributed by atoms with E-state index in [-0.39, 0.29) is 35.7 Å². The summed E-state index contributed by atoms with van der Waals surface area (Å²) < 4.78 is 0. The van der Waals surface area contributed by atoms with E-state index in [9.17, 15) is 9.59 Å². The summed E-state index contributed by atoms with van der Waals surface area (Å²) >= 11 is 0. The highest BCUT2D eigenvalue weighted by atomic mass is 16.4. The lowest BCUT2D eigenvalue weighted by Gasteiger charge is -2.46. The first-order chi connectivity index (χ1) is 8.67. The van der Waals surface area contributed by atoms with Gasteiger partial charge in [-0.2, -0.15) is 0 Å². The average Bonchev–Trinajstić information content (AvgIpc) is 2.32. The van der Waals surface area contributed by atoms with E-state index in [4.69, 9.17) is 15.9 Å². The summed E-state index contributed by atoms with van der Waals surface area (Å²) in [5.41, 5.74) is 5.79. The van der Waals surface area contributed by atoms with Crippen LogP contribution >= 0.6 is 0 Å². The quantitative estimate of drug-likeness (QED) is 0.573. The molecule has 5 N–H and O–H groups in total. The second-order valence-corrected chi connectivity index (χ2v) is 6.00. The maximum atomic E-state index is 12.1. The van der Waals surface area contributed by atoms with Gasteiger partial charge in [-0.25, -0.2) is 4.79 Å². The molecular weight excluding hydrogens is 248 g/mol. The van der Waals surface area contributed by atoms with Crippen molar-refractivity contribution in [1.82, 2.24) is 5.32 Å². The van der Waals surface area contributed by atoms with Crippen molar-refractivity contribution in [3.63, 3.8) is 0 Å². The predicted octanol–water partition coefficient (Wildman–Crippen LogP) is -0.0523. The summed E-state index contributed by atoms with van der Waals surface area (Å²) in [4.78, 5) is 22.6. The number of carboxylic acids is 1. The Morgan fingerprint density at radius 1 is 1.42 bits per heavy atom. The van der Waals surface area contributed by atoms with Crippen LogP contribution in [-0.2, 0) is 9.59 Å². The van der Waals surface area contributed by atoms with Gasteiger partial charge in [-0.1, -0.05) is 20.8 Å². The van der Waals surface area contributed by atoms with E-state index >= 15 is 0 Å². The Hall–Kier alpha value is -1.14. The van der Waals surface area contributed by atoms with E-state index in [2.05, 4.69) is 5.32 Å². The van der Waals surface area contributed by atoms with E-state index < -0.39 is 12.1 Å². The first-order valence-corrected chi connectivity index (χ1v) is 6.62. The van der Waals surface area contributed by atoms with Gasteiger partial charge >= 0.3 is 5.97 Å². The third-order valence-electron chi connectivity index (χ3n) is 4.57. The third-order valence-corrected chi connectivity index (χ3v) is 4.57. The summed E-state index contributed by atoms with van der Waals surface area (Å²) in [5.74, 6) is -1.53. The Morgan fingerprint density at radius 3 is 2.53 bits per heavy atom. The van der Waals surface area contributed by atoms with Crippen molar-refractivity contribution in [3.05, 3.63) is 0 Å². The molecule has 19 heavy (non-hydrogen) atoms. The number of carboxylic acid groups (broad SMARTS) is 1. The fourth-order valence-electron chi connectivity index (χ4n) is 2.73. The third kappa shape index (κ3) is 3.45. The molecule has 0 spiro atoms. The fraction of sp³-hybridized carbons (Fsp3) is 0.846. The maximum absolute atomic E-state index is 12.1. The summed E-state index contributed by atoms with van der Waals surface area (Å²) in [6.45, 7) is 5.79. The summed E-state index contributed by atoms with van der Waals surface area (Å²) in [5, 5.41) is 20.2. The lowest BCUT2D eigenvalue weighted by molar-refractivity contribution is -0.146. The van der Waals surface area contributed by atoms with Crippen molar-refractivity contribution in [2.75, 3.05) is 6.54 Å². The molecular formula is C13H24N2O4. The van der Waals surface area contributed by atoms with Crippen LogP contribution in [0.15, 0.2) is 0 Å². The number of amides is 1. The van der Waals surface area contributed by atoms with E-state index in [0.717, 1.165) is 6.42 Å². The molecule has 0 aliphatic heterocycles. The zero-order chi connectivity index (χ0) is 14.8. The molecule has 110 valence electrons. The van der Waals surface area contributed by atoms with Crippen LogP contribution in [0, 0.1) is 17.3 Å². The Bertz CT molecular complexity index is 357. The fourth-order valence-corrected chi connectivity index (χ4v) is 2.73. The van der Waals surface area contributed by atoms with Crippen molar-refractivity contribution in [3.8, 4) is 0 Å². The second kappa shape index (κ2) is 5.88. The maximum Gasteiger partial charge on any atom is 0.334 e. The number of rotatable bonds is 4. The van der Waals surface area contributed by atoms with Crippen molar-refractivity contribution >= 4 is 11.9 Å². The molecule has 0 aromatic carbocycles. The second-order valence-electron chi connectivity index (χ2n) is 6.00. The topological polar surface area (TPSA) is 113 Å². The highest BCUT2D eigenvalue weighted by Crippen LogP contribution is 2.44. The molecule has 6 heteroatoms. The van der Waals surface area contributed by atoms with Crippen LogP contribution in [0.5, 0.6) is 0 Å². The van der Waals surface area contributed by atoms with Gasteiger partial charge in [-0.15, -0.1) is 0 Å². The van der Waals surface area contributed by atoms with Crippen LogP contribution in [0.4, 0.5) is 0 Å². The zero-order valence-corrected chi connectivity index (χ0v) is 11.7. The van der Waals surface area contributed by atoms with Gasteiger partial charge in [0.15, 0.2) is 6.10 Å². The molecule has 1 rings (SSSR count). The zero-order valence-electron chi connectivity index (χ0n) is 11.7. The Morgan fingerprint density at radius 2 is 2.00 bits per heavy atom. The van der Waals surface area contributed by atoms with E-state index in [1.54, 1.807) is 0 Å². The lowest BCUT2D eigenvalue weighted by atomic mass is 9.61. The highest BCUT2D eigenvalue weighted by molar-refractivity contribution is 5.80. The SMILES string of the molecule is CC1C(N)CCC(C(=O)NCC(O)C(=O)O)C1(C)C. The minimum absolute atomic E-state index is 0.0867. The normalized spacial score (nSPS) is 31.5. The van der Waals surface area contributed by atoms with E-state index in [1.807, 2.05) is 20.8 Å². The van der Waals surface area contributed by atoms with Crippen LogP contribution in [0.2, 0.25) is 0 Å². The predicted molar refractivity (Wildman–Crippen MR) is 70.3 cm³/mol. The highest BCUT2D eigenvalue weighted by Gasteiger charge is 2.44. The van der Waals surface area contributed by atoms with Gasteiger partial charge in [0.1, 0.15) is 0 Å². The van der Waals surface area contributed by atoms with E-state index in [0.29, 0.717) is 6.42 Å². The first-order valence-electron chi connectivity index (χ1n) is 6.62. The molecule has 0 saturated heterocycles. The lowest BCUT2D eigenvalue weighted by Crippen LogP contribution is -2.52. The van der Waals surface area contributed by atoms with Gasteiger partial charge in [-0.3, -0.25) is 4.79 Å². The molecule has 4 atom stereocenters. The van der Waals surface area contributed by atoms with Gasteiger partial charge in [-0.05, 0) is 24.2 Å². The molecule has 1 aliphatic rings. The van der Waals surface area contributed by atoms with Gasteiger partial charge in [0, 0.05) is 12.0 Å². The number of aliphatic hydroxyl groups excluding tert-OH is 1. The molecule has 1 saturated carbocycles. The number of carbonyl (C=O) groups is 2. The summed E-state index contributed by atoms with van der Waals surface area (Å²) in [6, 6.07) is 0.0867. The van der Waals surface area contributed by atoms with Gasteiger partial charge in [0.05, 0.1) is 6.54 Å². The number of aliphatic carboxylic acids is 1. The van der Waals surface area contributed by atoms with Gasteiger partial charge < -0.3 is 21.3 Å². The molecule has 0 aromatic heterocycles. The Labute approximate surface area is 113 Å². The van der Waals surface area contributed by atoms with Crippen molar-refractivity contribution in [2.24, 2.45) is 23.0 Å². The number of nitrogens with one attached hydrogen (secondary N) is 1. The van der Waals surface area contributed by atoms with Crippen LogP contribution in [-0.4, -0.2) is 40.8 Å². The molecule has 1 amide bonds. The van der Waals surface area contributed by atoms with Crippen molar-refractivity contribution in [1.29, 1.82) is 0 Å². The number of carbonyl (C=O) groups excluding carboxylic acids is 1. The molecule has 1 aliphatic carbocycles. The summed E-state index contributed by atoms with van der Waals surface area (Å²) in [7, 11) is 0. The van der Waals surface area contributed by atoms with Crippen molar-refractivity contribution < 1.29 is 19.8 Å². The smallest absolute Gasteiger partial charge is 0.334 e. The minimum Gasteiger partial charge on any atom is -0.479 e. The minimum atomic E-state index is -1.56. The molecule has 1 fully saturated rings. The van der Waals surface area contributed by atoms with E-state index in [1.165, 1.54) is 0 Å². The first kappa shape index (κ1) is 15.9. The number of nitrogens with two attached hydrogens (primary N) is 1. The standard InChI is InChI=1S/C13H24N2O4/c1-7-9(14)5-4-8(13(7,2)3)11(17)15-6-10(16)12(18)19/h7-10,16H,4-6,14H2,1-3H3,(H,15,17)(H,18,19). The molecule has 0 bridgehead atoms. The van der Waals surface area contributed by atoms with Crippen molar-refractivity contribution in [2.45, 2.75) is 45.8 Å². The van der Waals surface area contributed by atoms with Crippen LogP contribution in [0.25, 0.3) is 0 Å². The molecule has 0 radical (unpaired) electrons. The number of aliphatic hydroxyl groups is 1. The Balaban J connectivity index is 2.64. The molecule has 4 unspecified atom stereocenters. The molecule has 6 nitrogen and oxygen atoms in total. The van der Waals surface area contributed by atoms with Crippen LogP contribution in [0.1, 0.15) is 33.6 Å². The largest absolute Gasteiger partial charge is 0.479 e.